The molecule has 1 amide bonds. The van der Waals surface area contributed by atoms with E-state index in [1.54, 1.807) is 11.8 Å². The van der Waals surface area contributed by atoms with Crippen molar-refractivity contribution in [2.45, 2.75) is 31.9 Å². The molecule has 1 heterocycles. The lowest BCUT2D eigenvalue weighted by atomic mass is 10.0. The molecule has 0 bridgehead atoms. The lowest BCUT2D eigenvalue weighted by Gasteiger charge is -2.38. The third kappa shape index (κ3) is 3.20. The van der Waals surface area contributed by atoms with Crippen LogP contribution in [0, 0.1) is 6.92 Å². The molecule has 0 saturated carbocycles. The van der Waals surface area contributed by atoms with E-state index < -0.39 is 9.84 Å². The summed E-state index contributed by atoms with van der Waals surface area (Å²) < 4.78 is 23.3. The fourth-order valence-corrected chi connectivity index (χ4v) is 3.68. The van der Waals surface area contributed by atoms with Crippen LogP contribution in [-0.2, 0) is 21.1 Å². The number of carbonyl (C=O) groups is 1. The fourth-order valence-electron chi connectivity index (χ4n) is 2.39. The lowest BCUT2D eigenvalue weighted by molar-refractivity contribution is -0.134. The Morgan fingerprint density at radius 3 is 2.55 bits per heavy atom. The van der Waals surface area contributed by atoms with Crippen LogP contribution in [0.2, 0.25) is 0 Å². The molecule has 20 heavy (non-hydrogen) atoms. The molecule has 0 atom stereocenters. The van der Waals surface area contributed by atoms with E-state index in [1.807, 2.05) is 31.2 Å². The Hall–Kier alpha value is -1.36. The molecule has 0 unspecified atom stereocenters. The van der Waals surface area contributed by atoms with Gasteiger partial charge in [0.25, 0.3) is 0 Å². The third-order valence-electron chi connectivity index (χ3n) is 3.98. The van der Waals surface area contributed by atoms with Crippen LogP contribution in [0.15, 0.2) is 24.3 Å². The Morgan fingerprint density at radius 1 is 1.30 bits per heavy atom. The number of benzene rings is 1. The van der Waals surface area contributed by atoms with E-state index in [0.717, 1.165) is 0 Å². The molecule has 0 radical (unpaired) electrons. The molecule has 0 aliphatic carbocycles. The van der Waals surface area contributed by atoms with E-state index in [2.05, 4.69) is 0 Å². The topological polar surface area (TPSA) is 54.5 Å². The Bertz CT molecular complexity index is 589. The Labute approximate surface area is 120 Å². The summed E-state index contributed by atoms with van der Waals surface area (Å²) in [5.74, 6) is 0.207. The van der Waals surface area contributed by atoms with Crippen LogP contribution in [0.3, 0.4) is 0 Å². The molecule has 2 rings (SSSR count). The van der Waals surface area contributed by atoms with Gasteiger partial charge in [0.1, 0.15) is 0 Å². The van der Waals surface area contributed by atoms with Crippen molar-refractivity contribution in [2.75, 3.05) is 18.8 Å². The number of hydrogen-bond donors (Lipinski definition) is 0. The highest BCUT2D eigenvalue weighted by Gasteiger charge is 2.38. The SMILES string of the molecule is CCS(=O)(=O)C1CN(C(=O)CCc2ccccc2C)C1. The maximum atomic E-state index is 12.0. The second-order valence-corrected chi connectivity index (χ2v) is 7.87. The van der Waals surface area contributed by atoms with Crippen molar-refractivity contribution in [1.82, 2.24) is 4.90 Å². The van der Waals surface area contributed by atoms with Crippen molar-refractivity contribution in [2.24, 2.45) is 0 Å². The molecular formula is C15H21NO3S. The predicted molar refractivity (Wildman–Crippen MR) is 79.3 cm³/mol. The zero-order valence-electron chi connectivity index (χ0n) is 12.0. The molecule has 1 fully saturated rings. The Morgan fingerprint density at radius 2 is 1.95 bits per heavy atom. The van der Waals surface area contributed by atoms with Gasteiger partial charge in [-0.05, 0) is 24.5 Å². The molecule has 110 valence electrons. The summed E-state index contributed by atoms with van der Waals surface area (Å²) in [6.07, 6.45) is 1.16. The molecule has 1 saturated heterocycles. The number of amides is 1. The van der Waals surface area contributed by atoms with Gasteiger partial charge in [-0.1, -0.05) is 31.2 Å². The van der Waals surface area contributed by atoms with Crippen molar-refractivity contribution in [3.05, 3.63) is 35.4 Å². The zero-order chi connectivity index (χ0) is 14.8. The second-order valence-electron chi connectivity index (χ2n) is 5.30. The highest BCUT2D eigenvalue weighted by molar-refractivity contribution is 7.92. The Kier molecular flexibility index (Phi) is 4.48. The van der Waals surface area contributed by atoms with Gasteiger partial charge in [0, 0.05) is 25.3 Å². The van der Waals surface area contributed by atoms with Crippen molar-refractivity contribution in [3.8, 4) is 0 Å². The molecule has 1 aromatic rings. The van der Waals surface area contributed by atoms with E-state index in [4.69, 9.17) is 0 Å². The van der Waals surface area contributed by atoms with Gasteiger partial charge in [0.2, 0.25) is 5.91 Å². The molecule has 1 aliphatic rings. The predicted octanol–water partition coefficient (Wildman–Crippen LogP) is 1.57. The summed E-state index contributed by atoms with van der Waals surface area (Å²) in [4.78, 5) is 13.7. The molecule has 0 spiro atoms. The number of nitrogens with zero attached hydrogens (tertiary/aromatic N) is 1. The van der Waals surface area contributed by atoms with Crippen molar-refractivity contribution >= 4 is 15.7 Å². The Balaban J connectivity index is 1.82. The van der Waals surface area contributed by atoms with Gasteiger partial charge in [0.15, 0.2) is 9.84 Å². The van der Waals surface area contributed by atoms with E-state index >= 15 is 0 Å². The average Bonchev–Trinajstić information content (AvgIpc) is 2.35. The number of sulfone groups is 1. The highest BCUT2D eigenvalue weighted by atomic mass is 32.2. The first-order valence-electron chi connectivity index (χ1n) is 6.98. The number of rotatable bonds is 5. The van der Waals surface area contributed by atoms with Gasteiger partial charge in [-0.3, -0.25) is 4.79 Å². The van der Waals surface area contributed by atoms with Crippen LogP contribution in [0.1, 0.15) is 24.5 Å². The summed E-state index contributed by atoms with van der Waals surface area (Å²) in [6.45, 7) is 4.41. The zero-order valence-corrected chi connectivity index (χ0v) is 12.8. The summed E-state index contributed by atoms with van der Waals surface area (Å²) >= 11 is 0. The van der Waals surface area contributed by atoms with Gasteiger partial charge >= 0.3 is 0 Å². The fraction of sp³-hybridized carbons (Fsp3) is 0.533. The van der Waals surface area contributed by atoms with E-state index in [0.29, 0.717) is 25.9 Å². The van der Waals surface area contributed by atoms with Gasteiger partial charge in [-0.15, -0.1) is 0 Å². The van der Waals surface area contributed by atoms with Crippen LogP contribution >= 0.6 is 0 Å². The van der Waals surface area contributed by atoms with Crippen LogP contribution in [0.5, 0.6) is 0 Å². The standard InChI is InChI=1S/C15H21NO3S/c1-3-20(18,19)14-10-16(11-14)15(17)9-8-13-7-5-4-6-12(13)2/h4-7,14H,3,8-11H2,1-2H3. The lowest BCUT2D eigenvalue weighted by Crippen LogP contribution is -2.57. The van der Waals surface area contributed by atoms with Gasteiger partial charge in [-0.2, -0.15) is 0 Å². The maximum Gasteiger partial charge on any atom is 0.222 e. The molecule has 5 heteroatoms. The van der Waals surface area contributed by atoms with Crippen molar-refractivity contribution in [3.63, 3.8) is 0 Å². The van der Waals surface area contributed by atoms with E-state index in [9.17, 15) is 13.2 Å². The minimum absolute atomic E-state index is 0.0517. The summed E-state index contributed by atoms with van der Waals surface area (Å²) in [5.41, 5.74) is 2.37. The quantitative estimate of drug-likeness (QED) is 0.828. The van der Waals surface area contributed by atoms with Crippen molar-refractivity contribution in [1.29, 1.82) is 0 Å². The van der Waals surface area contributed by atoms with Crippen LogP contribution in [-0.4, -0.2) is 43.3 Å². The molecular weight excluding hydrogens is 274 g/mol. The maximum absolute atomic E-state index is 12.0. The van der Waals surface area contributed by atoms with Gasteiger partial charge in [0.05, 0.1) is 5.25 Å². The first-order chi connectivity index (χ1) is 9.44. The first kappa shape index (κ1) is 15.0. The molecule has 0 aromatic heterocycles. The number of carbonyl (C=O) groups excluding carboxylic acids is 1. The summed E-state index contributed by atoms with van der Waals surface area (Å²) in [6, 6.07) is 8.02. The third-order valence-corrected chi connectivity index (χ3v) is 6.10. The normalized spacial score (nSPS) is 16.0. The minimum atomic E-state index is -3.00. The monoisotopic (exact) mass is 295 g/mol. The molecule has 4 nitrogen and oxygen atoms in total. The van der Waals surface area contributed by atoms with Gasteiger partial charge in [-0.25, -0.2) is 8.42 Å². The van der Waals surface area contributed by atoms with E-state index in [1.165, 1.54) is 11.1 Å². The number of hydrogen-bond acceptors (Lipinski definition) is 3. The first-order valence-corrected chi connectivity index (χ1v) is 8.69. The van der Waals surface area contributed by atoms with Crippen LogP contribution in [0.25, 0.3) is 0 Å². The van der Waals surface area contributed by atoms with E-state index in [-0.39, 0.29) is 16.9 Å². The van der Waals surface area contributed by atoms with Gasteiger partial charge < -0.3 is 4.90 Å². The van der Waals surface area contributed by atoms with Crippen LogP contribution in [0.4, 0.5) is 0 Å². The second kappa shape index (κ2) is 5.95. The smallest absolute Gasteiger partial charge is 0.222 e. The van der Waals surface area contributed by atoms with Crippen LogP contribution < -0.4 is 0 Å². The number of aryl methyl sites for hydroxylation is 2. The molecule has 0 N–H and O–H groups in total. The number of likely N-dealkylation sites (tertiary alicyclic amines) is 1. The largest absolute Gasteiger partial charge is 0.340 e. The highest BCUT2D eigenvalue weighted by Crippen LogP contribution is 2.19. The van der Waals surface area contributed by atoms with Crippen molar-refractivity contribution < 1.29 is 13.2 Å². The molecule has 1 aliphatic heterocycles. The minimum Gasteiger partial charge on any atom is -0.340 e. The molecule has 1 aromatic carbocycles. The average molecular weight is 295 g/mol. The summed E-state index contributed by atoms with van der Waals surface area (Å²) in [5, 5.41) is -0.352. The summed E-state index contributed by atoms with van der Waals surface area (Å²) in [7, 11) is -3.00.